The van der Waals surface area contributed by atoms with Gasteiger partial charge in [0, 0.05) is 21.8 Å². The lowest BCUT2D eigenvalue weighted by molar-refractivity contribution is 0.0955. The van der Waals surface area contributed by atoms with Crippen molar-refractivity contribution in [2.24, 2.45) is 5.84 Å². The van der Waals surface area contributed by atoms with E-state index in [1.807, 2.05) is 36.4 Å². The van der Waals surface area contributed by atoms with E-state index < -0.39 is 0 Å². The molecule has 0 bridgehead atoms. The number of nitrogens with one attached hydrogen (secondary N) is 2. The first-order valence-electron chi connectivity index (χ1n) is 5.31. The predicted molar refractivity (Wildman–Crippen MR) is 67.5 cm³/mol. The third-order valence-electron chi connectivity index (χ3n) is 2.91. The standard InChI is InChI=1S/C13H11N3O/c14-16-13(17)9-5-3-7-11-12(9)8-4-1-2-6-10(8)15-11/h1-7,15H,14H2,(H,16,17). The molecule has 0 atom stereocenters. The number of hydrogen-bond donors (Lipinski definition) is 3. The van der Waals surface area contributed by atoms with Crippen LogP contribution in [0.25, 0.3) is 21.8 Å². The van der Waals surface area contributed by atoms with Gasteiger partial charge in [0.1, 0.15) is 0 Å². The predicted octanol–water partition coefficient (Wildman–Crippen LogP) is 1.92. The van der Waals surface area contributed by atoms with Crippen molar-refractivity contribution < 1.29 is 4.79 Å². The molecule has 84 valence electrons. The number of carbonyl (C=O) groups excluding carboxylic acids is 1. The van der Waals surface area contributed by atoms with Crippen LogP contribution in [0.5, 0.6) is 0 Å². The number of H-pyrrole nitrogens is 1. The van der Waals surface area contributed by atoms with E-state index in [4.69, 9.17) is 5.84 Å². The van der Waals surface area contributed by atoms with Gasteiger partial charge < -0.3 is 4.98 Å². The van der Waals surface area contributed by atoms with E-state index in [2.05, 4.69) is 10.4 Å². The van der Waals surface area contributed by atoms with Crippen LogP contribution in [-0.4, -0.2) is 10.9 Å². The van der Waals surface area contributed by atoms with Crippen LogP contribution in [0.2, 0.25) is 0 Å². The van der Waals surface area contributed by atoms with Crippen molar-refractivity contribution in [3.8, 4) is 0 Å². The van der Waals surface area contributed by atoms with E-state index in [1.54, 1.807) is 6.07 Å². The van der Waals surface area contributed by atoms with Gasteiger partial charge in [-0.05, 0) is 18.2 Å². The molecular formula is C13H11N3O. The maximum atomic E-state index is 11.7. The number of aromatic nitrogens is 1. The van der Waals surface area contributed by atoms with E-state index >= 15 is 0 Å². The number of hydrogen-bond acceptors (Lipinski definition) is 2. The van der Waals surface area contributed by atoms with Crippen molar-refractivity contribution in [1.82, 2.24) is 10.4 Å². The molecule has 0 unspecified atom stereocenters. The fourth-order valence-corrected chi connectivity index (χ4v) is 2.17. The van der Waals surface area contributed by atoms with Gasteiger partial charge in [-0.15, -0.1) is 0 Å². The molecule has 0 radical (unpaired) electrons. The highest BCUT2D eigenvalue weighted by Gasteiger charge is 2.12. The van der Waals surface area contributed by atoms with E-state index in [-0.39, 0.29) is 5.91 Å². The highest BCUT2D eigenvalue weighted by Crippen LogP contribution is 2.27. The van der Waals surface area contributed by atoms with Crippen LogP contribution >= 0.6 is 0 Å². The van der Waals surface area contributed by atoms with Gasteiger partial charge in [0.25, 0.3) is 5.91 Å². The van der Waals surface area contributed by atoms with E-state index in [1.165, 1.54) is 0 Å². The Morgan fingerprint density at radius 3 is 2.65 bits per heavy atom. The van der Waals surface area contributed by atoms with Crippen molar-refractivity contribution in [1.29, 1.82) is 0 Å². The molecule has 4 nitrogen and oxygen atoms in total. The average Bonchev–Trinajstić information content (AvgIpc) is 2.76. The molecule has 0 saturated carbocycles. The summed E-state index contributed by atoms with van der Waals surface area (Å²) in [5.74, 6) is 4.92. The van der Waals surface area contributed by atoms with Crippen LogP contribution in [0, 0.1) is 0 Å². The van der Waals surface area contributed by atoms with Crippen molar-refractivity contribution >= 4 is 27.7 Å². The van der Waals surface area contributed by atoms with Gasteiger partial charge in [-0.2, -0.15) is 0 Å². The fraction of sp³-hybridized carbons (Fsp3) is 0. The second kappa shape index (κ2) is 3.61. The molecule has 0 fully saturated rings. The number of amides is 1. The quantitative estimate of drug-likeness (QED) is 0.336. The Kier molecular flexibility index (Phi) is 2.09. The van der Waals surface area contributed by atoms with Gasteiger partial charge in [-0.25, -0.2) is 5.84 Å². The van der Waals surface area contributed by atoms with Gasteiger partial charge in [-0.3, -0.25) is 10.2 Å². The lowest BCUT2D eigenvalue weighted by atomic mass is 10.1. The van der Waals surface area contributed by atoms with Crippen molar-refractivity contribution in [3.63, 3.8) is 0 Å². The average molecular weight is 225 g/mol. The van der Waals surface area contributed by atoms with Crippen molar-refractivity contribution in [2.75, 3.05) is 0 Å². The molecule has 17 heavy (non-hydrogen) atoms. The summed E-state index contributed by atoms with van der Waals surface area (Å²) in [7, 11) is 0. The van der Waals surface area contributed by atoms with Crippen molar-refractivity contribution in [2.45, 2.75) is 0 Å². The summed E-state index contributed by atoms with van der Waals surface area (Å²) in [5.41, 5.74) is 4.71. The minimum absolute atomic E-state index is 0.277. The Balaban J connectivity index is 2.47. The van der Waals surface area contributed by atoms with E-state index in [0.29, 0.717) is 5.56 Å². The number of fused-ring (bicyclic) bond motifs is 3. The number of para-hydroxylation sites is 1. The van der Waals surface area contributed by atoms with Crippen LogP contribution in [0.4, 0.5) is 0 Å². The Bertz CT molecular complexity index is 715. The Morgan fingerprint density at radius 2 is 1.82 bits per heavy atom. The summed E-state index contributed by atoms with van der Waals surface area (Å²) in [4.78, 5) is 15.0. The van der Waals surface area contributed by atoms with E-state index in [0.717, 1.165) is 21.8 Å². The topological polar surface area (TPSA) is 70.9 Å². The smallest absolute Gasteiger partial charge is 0.265 e. The van der Waals surface area contributed by atoms with Crippen LogP contribution in [0.15, 0.2) is 42.5 Å². The van der Waals surface area contributed by atoms with Crippen LogP contribution in [0.1, 0.15) is 10.4 Å². The van der Waals surface area contributed by atoms with Crippen LogP contribution in [-0.2, 0) is 0 Å². The molecule has 1 aromatic heterocycles. The second-order valence-electron chi connectivity index (χ2n) is 3.87. The number of hydrazine groups is 1. The van der Waals surface area contributed by atoms with Gasteiger partial charge >= 0.3 is 0 Å². The molecule has 0 saturated heterocycles. The minimum atomic E-state index is -0.277. The highest BCUT2D eigenvalue weighted by atomic mass is 16.2. The molecule has 4 N–H and O–H groups in total. The zero-order valence-electron chi connectivity index (χ0n) is 9.03. The number of benzene rings is 2. The molecule has 0 aliphatic heterocycles. The number of carbonyl (C=O) groups is 1. The normalized spacial score (nSPS) is 10.9. The van der Waals surface area contributed by atoms with Gasteiger partial charge in [0.15, 0.2) is 0 Å². The molecule has 0 aliphatic carbocycles. The summed E-state index contributed by atoms with van der Waals surface area (Å²) >= 11 is 0. The maximum Gasteiger partial charge on any atom is 0.265 e. The third kappa shape index (κ3) is 1.38. The summed E-state index contributed by atoms with van der Waals surface area (Å²) in [6, 6.07) is 13.4. The Morgan fingerprint density at radius 1 is 1.06 bits per heavy atom. The SMILES string of the molecule is NNC(=O)c1cccc2[nH]c3ccccc3c12. The summed E-state index contributed by atoms with van der Waals surface area (Å²) in [5, 5.41) is 1.94. The molecular weight excluding hydrogens is 214 g/mol. The minimum Gasteiger partial charge on any atom is -0.354 e. The zero-order chi connectivity index (χ0) is 11.8. The molecule has 1 heterocycles. The maximum absolute atomic E-state index is 11.7. The molecule has 4 heteroatoms. The largest absolute Gasteiger partial charge is 0.354 e. The first kappa shape index (κ1) is 9.86. The number of aromatic amines is 1. The van der Waals surface area contributed by atoms with Crippen molar-refractivity contribution in [3.05, 3.63) is 48.0 Å². The lowest BCUT2D eigenvalue weighted by Crippen LogP contribution is -2.30. The van der Waals surface area contributed by atoms with Gasteiger partial charge in [-0.1, -0.05) is 24.3 Å². The zero-order valence-corrected chi connectivity index (χ0v) is 9.03. The molecule has 3 aromatic rings. The molecule has 0 spiro atoms. The molecule has 1 amide bonds. The van der Waals surface area contributed by atoms with E-state index in [9.17, 15) is 4.79 Å². The summed E-state index contributed by atoms with van der Waals surface area (Å²) < 4.78 is 0. The third-order valence-corrected chi connectivity index (χ3v) is 2.91. The van der Waals surface area contributed by atoms with Gasteiger partial charge in [0.2, 0.25) is 0 Å². The molecule has 0 aliphatic rings. The molecule has 2 aromatic carbocycles. The van der Waals surface area contributed by atoms with Crippen LogP contribution < -0.4 is 11.3 Å². The molecule has 3 rings (SSSR count). The lowest BCUT2D eigenvalue weighted by Gasteiger charge is -2.01. The monoisotopic (exact) mass is 225 g/mol. The fourth-order valence-electron chi connectivity index (χ4n) is 2.17. The summed E-state index contributed by atoms with van der Waals surface area (Å²) in [6.45, 7) is 0. The first-order chi connectivity index (χ1) is 8.31. The highest BCUT2D eigenvalue weighted by molar-refractivity contribution is 6.17. The Hall–Kier alpha value is -2.33. The first-order valence-corrected chi connectivity index (χ1v) is 5.31. The number of nitrogen functional groups attached to an aromatic ring is 1. The Labute approximate surface area is 97.4 Å². The number of nitrogens with two attached hydrogens (primary N) is 1. The second-order valence-corrected chi connectivity index (χ2v) is 3.87. The summed E-state index contributed by atoms with van der Waals surface area (Å²) in [6.07, 6.45) is 0. The van der Waals surface area contributed by atoms with Gasteiger partial charge in [0.05, 0.1) is 5.56 Å². The van der Waals surface area contributed by atoms with Crippen LogP contribution in [0.3, 0.4) is 0 Å². The number of rotatable bonds is 1.